The number of nitrogens with zero attached hydrogens (tertiary/aromatic N) is 1. The number of nitrogens with one attached hydrogen (secondary N) is 1. The molecule has 2 fully saturated rings. The minimum atomic E-state index is -0.0290. The molecule has 4 rings (SSSR count). The second-order valence-electron chi connectivity index (χ2n) is 6.72. The number of piperidine rings is 1. The molecule has 2 aliphatic rings. The van der Waals surface area contributed by atoms with Gasteiger partial charge in [0, 0.05) is 36.8 Å². The Kier molecular flexibility index (Phi) is 4.36. The van der Waals surface area contributed by atoms with E-state index in [1.807, 2.05) is 0 Å². The van der Waals surface area contributed by atoms with Crippen LogP contribution in [0.2, 0.25) is 0 Å². The minimum Gasteiger partial charge on any atom is -0.468 e. The van der Waals surface area contributed by atoms with Gasteiger partial charge in [0.05, 0.1) is 7.11 Å². The molecule has 2 bridgehead atoms. The molecular formula is C19H22N2O4. The van der Waals surface area contributed by atoms with Crippen molar-refractivity contribution < 1.29 is 18.7 Å². The van der Waals surface area contributed by atoms with Crippen LogP contribution in [0, 0.1) is 5.92 Å². The Balaban J connectivity index is 1.35. The van der Waals surface area contributed by atoms with E-state index in [-0.39, 0.29) is 11.9 Å². The van der Waals surface area contributed by atoms with Crippen LogP contribution in [0.3, 0.4) is 0 Å². The molecular weight excluding hydrogens is 320 g/mol. The van der Waals surface area contributed by atoms with Gasteiger partial charge in [0.1, 0.15) is 5.75 Å². The lowest BCUT2D eigenvalue weighted by Crippen LogP contribution is -2.46. The Bertz CT molecular complexity index is 728. The molecule has 1 aromatic carbocycles. The maximum absolute atomic E-state index is 12.5. The normalized spacial score (nSPS) is 24.8. The molecule has 3 atom stereocenters. The second-order valence-corrected chi connectivity index (χ2v) is 6.72. The fraction of sp³-hybridized carbons (Fsp3) is 0.421. The van der Waals surface area contributed by atoms with E-state index in [4.69, 9.17) is 13.9 Å². The van der Waals surface area contributed by atoms with Gasteiger partial charge in [0.15, 0.2) is 0 Å². The minimum absolute atomic E-state index is 0.0290. The number of amides is 1. The third-order valence-corrected chi connectivity index (χ3v) is 4.89. The molecule has 1 amide bonds. The van der Waals surface area contributed by atoms with Gasteiger partial charge in [-0.05, 0) is 49.6 Å². The number of hydrogen-bond acceptors (Lipinski definition) is 5. The summed E-state index contributed by atoms with van der Waals surface area (Å²) in [6, 6.07) is 10.7. The van der Waals surface area contributed by atoms with Gasteiger partial charge in [0.2, 0.25) is 0 Å². The number of ether oxygens (including phenoxy) is 2. The van der Waals surface area contributed by atoms with Crippen LogP contribution in [0.5, 0.6) is 17.6 Å². The standard InChI is InChI=1S/C19H22N2O4/c1-23-17-6-7-18(25-17)24-16-4-2-14(3-5-16)19(22)20-15-10-13-8-9-21(11-13)12-15/h2-7,13,15H,8-12H2,1H3,(H,20,22). The lowest BCUT2D eigenvalue weighted by Gasteiger charge is -2.30. The molecule has 0 saturated carbocycles. The largest absolute Gasteiger partial charge is 0.468 e. The van der Waals surface area contributed by atoms with Crippen LogP contribution in [0.1, 0.15) is 23.2 Å². The van der Waals surface area contributed by atoms with Crippen molar-refractivity contribution in [3.05, 3.63) is 42.0 Å². The van der Waals surface area contributed by atoms with Crippen molar-refractivity contribution in [2.75, 3.05) is 26.7 Å². The molecule has 6 nitrogen and oxygen atoms in total. The first-order valence-electron chi connectivity index (χ1n) is 8.64. The third-order valence-electron chi connectivity index (χ3n) is 4.89. The molecule has 132 valence electrons. The van der Waals surface area contributed by atoms with Crippen LogP contribution in [-0.2, 0) is 0 Å². The molecule has 0 spiro atoms. The molecule has 25 heavy (non-hydrogen) atoms. The number of hydrogen-bond donors (Lipinski definition) is 1. The molecule has 3 unspecified atom stereocenters. The molecule has 3 heterocycles. The first-order valence-corrected chi connectivity index (χ1v) is 8.64. The maximum Gasteiger partial charge on any atom is 0.292 e. The van der Waals surface area contributed by atoms with Crippen molar-refractivity contribution in [3.63, 3.8) is 0 Å². The van der Waals surface area contributed by atoms with Crippen molar-refractivity contribution in [2.45, 2.75) is 18.9 Å². The third kappa shape index (κ3) is 3.64. The number of methoxy groups -OCH3 is 1. The highest BCUT2D eigenvalue weighted by Crippen LogP contribution is 2.28. The maximum atomic E-state index is 12.5. The van der Waals surface area contributed by atoms with Crippen LogP contribution >= 0.6 is 0 Å². The summed E-state index contributed by atoms with van der Waals surface area (Å²) in [5.74, 6) is 2.05. The number of benzene rings is 1. The number of fused-ring (bicyclic) bond motifs is 2. The lowest BCUT2D eigenvalue weighted by atomic mass is 9.96. The SMILES string of the molecule is COc1ccc(Oc2ccc(C(=O)NC3CC4CCN(C4)C3)cc2)o1. The second kappa shape index (κ2) is 6.80. The van der Waals surface area contributed by atoms with E-state index in [1.165, 1.54) is 26.6 Å². The molecule has 0 aliphatic carbocycles. The van der Waals surface area contributed by atoms with Crippen molar-refractivity contribution in [2.24, 2.45) is 5.92 Å². The highest BCUT2D eigenvalue weighted by Gasteiger charge is 2.32. The van der Waals surface area contributed by atoms with Gasteiger partial charge in [-0.25, -0.2) is 0 Å². The Morgan fingerprint density at radius 3 is 2.68 bits per heavy atom. The first kappa shape index (κ1) is 16.0. The summed E-state index contributed by atoms with van der Waals surface area (Å²) in [5, 5.41) is 3.16. The molecule has 2 aromatic rings. The fourth-order valence-corrected chi connectivity index (χ4v) is 3.69. The van der Waals surface area contributed by atoms with Gasteiger partial charge in [0.25, 0.3) is 17.8 Å². The smallest absolute Gasteiger partial charge is 0.292 e. The van der Waals surface area contributed by atoms with Crippen LogP contribution in [-0.4, -0.2) is 43.6 Å². The Labute approximate surface area is 146 Å². The van der Waals surface area contributed by atoms with Crippen LogP contribution in [0.25, 0.3) is 0 Å². The average Bonchev–Trinajstić information content (AvgIpc) is 3.21. The molecule has 0 radical (unpaired) electrons. The molecule has 1 N–H and O–H groups in total. The molecule has 2 saturated heterocycles. The lowest BCUT2D eigenvalue weighted by molar-refractivity contribution is 0.0909. The highest BCUT2D eigenvalue weighted by molar-refractivity contribution is 5.94. The van der Waals surface area contributed by atoms with Gasteiger partial charge in [-0.2, -0.15) is 0 Å². The van der Waals surface area contributed by atoms with Gasteiger partial charge in [-0.15, -0.1) is 0 Å². The van der Waals surface area contributed by atoms with E-state index < -0.39 is 0 Å². The Morgan fingerprint density at radius 2 is 1.96 bits per heavy atom. The Morgan fingerprint density at radius 1 is 1.16 bits per heavy atom. The Hall–Kier alpha value is -2.47. The first-order chi connectivity index (χ1) is 12.2. The fourth-order valence-electron chi connectivity index (χ4n) is 3.69. The summed E-state index contributed by atoms with van der Waals surface area (Å²) >= 11 is 0. The summed E-state index contributed by atoms with van der Waals surface area (Å²) in [7, 11) is 1.53. The molecule has 2 aliphatic heterocycles. The van der Waals surface area contributed by atoms with E-state index in [9.17, 15) is 4.79 Å². The summed E-state index contributed by atoms with van der Waals surface area (Å²) in [5.41, 5.74) is 0.636. The number of rotatable bonds is 5. The van der Waals surface area contributed by atoms with Crippen LogP contribution in [0.4, 0.5) is 0 Å². The van der Waals surface area contributed by atoms with Crippen LogP contribution < -0.4 is 14.8 Å². The number of furan rings is 1. The van der Waals surface area contributed by atoms with Crippen molar-refractivity contribution in [1.29, 1.82) is 0 Å². The summed E-state index contributed by atoms with van der Waals surface area (Å²) < 4.78 is 15.9. The van der Waals surface area contributed by atoms with Gasteiger partial charge in [-0.3, -0.25) is 4.79 Å². The monoisotopic (exact) mass is 342 g/mol. The zero-order valence-corrected chi connectivity index (χ0v) is 14.2. The zero-order chi connectivity index (χ0) is 17.2. The van der Waals surface area contributed by atoms with Gasteiger partial charge in [-0.1, -0.05) is 0 Å². The molecule has 1 aromatic heterocycles. The van der Waals surface area contributed by atoms with Gasteiger partial charge >= 0.3 is 0 Å². The predicted molar refractivity (Wildman–Crippen MR) is 92.2 cm³/mol. The van der Waals surface area contributed by atoms with E-state index in [0.29, 0.717) is 23.2 Å². The highest BCUT2D eigenvalue weighted by atomic mass is 16.6. The number of carbonyl (C=O) groups is 1. The molecule has 6 heteroatoms. The summed E-state index contributed by atoms with van der Waals surface area (Å²) in [4.78, 5) is 14.9. The van der Waals surface area contributed by atoms with E-state index in [0.717, 1.165) is 18.9 Å². The topological polar surface area (TPSA) is 63.9 Å². The van der Waals surface area contributed by atoms with Crippen molar-refractivity contribution in [1.82, 2.24) is 10.2 Å². The number of carbonyl (C=O) groups excluding carboxylic acids is 1. The van der Waals surface area contributed by atoms with E-state index in [1.54, 1.807) is 36.4 Å². The quantitative estimate of drug-likeness (QED) is 0.905. The van der Waals surface area contributed by atoms with Gasteiger partial charge < -0.3 is 24.1 Å². The van der Waals surface area contributed by atoms with Crippen LogP contribution in [0.15, 0.2) is 40.8 Å². The van der Waals surface area contributed by atoms with Crippen molar-refractivity contribution in [3.8, 4) is 17.6 Å². The predicted octanol–water partition coefficient (Wildman–Crippen LogP) is 2.90. The summed E-state index contributed by atoms with van der Waals surface area (Å²) in [6.45, 7) is 3.32. The summed E-state index contributed by atoms with van der Waals surface area (Å²) in [6.07, 6.45) is 2.35. The van der Waals surface area contributed by atoms with E-state index >= 15 is 0 Å². The van der Waals surface area contributed by atoms with E-state index in [2.05, 4.69) is 10.2 Å². The average molecular weight is 342 g/mol. The zero-order valence-electron chi connectivity index (χ0n) is 14.2. The van der Waals surface area contributed by atoms with Crippen molar-refractivity contribution >= 4 is 5.91 Å².